The van der Waals surface area contributed by atoms with E-state index < -0.39 is 22.3 Å². The average Bonchev–Trinajstić information content (AvgIpc) is 3.09. The van der Waals surface area contributed by atoms with Gasteiger partial charge in [-0.05, 0) is 61.1 Å². The Hall–Kier alpha value is -3.88. The third-order valence-electron chi connectivity index (χ3n) is 6.30. The Bertz CT molecular complexity index is 1240. The van der Waals surface area contributed by atoms with Gasteiger partial charge in [0.2, 0.25) is 0 Å². The van der Waals surface area contributed by atoms with Crippen molar-refractivity contribution in [2.24, 2.45) is 10.3 Å². The maximum absolute atomic E-state index is 12.1. The molecule has 9 heteroatoms. The number of carbonyl (C=O) groups excluding carboxylic acids is 2. The quantitative estimate of drug-likeness (QED) is 0.238. The van der Waals surface area contributed by atoms with Gasteiger partial charge < -0.3 is 9.68 Å². The van der Waals surface area contributed by atoms with Crippen LogP contribution in [0.25, 0.3) is 11.1 Å². The predicted molar refractivity (Wildman–Crippen MR) is 128 cm³/mol. The molecule has 0 unspecified atom stereocenters. The Morgan fingerprint density at radius 1 is 0.882 bits per heavy atom. The molecule has 9 nitrogen and oxygen atoms in total. The number of nitro groups is 1. The molecule has 0 aromatic heterocycles. The molecule has 0 fully saturated rings. The zero-order valence-electron chi connectivity index (χ0n) is 20.1. The summed E-state index contributed by atoms with van der Waals surface area (Å²) in [6.07, 6.45) is 1.40. The Morgan fingerprint density at radius 2 is 1.41 bits per heavy atom. The van der Waals surface area contributed by atoms with Crippen molar-refractivity contribution in [2.75, 3.05) is 0 Å². The van der Waals surface area contributed by atoms with E-state index in [4.69, 9.17) is 9.68 Å². The zero-order valence-corrected chi connectivity index (χ0v) is 20.1. The topological polar surface area (TPSA) is 120 Å². The van der Waals surface area contributed by atoms with Crippen molar-refractivity contribution in [2.45, 2.75) is 59.8 Å². The molecular formula is C25H27N3O6. The van der Waals surface area contributed by atoms with Crippen LogP contribution in [0, 0.1) is 10.1 Å². The highest BCUT2D eigenvalue weighted by molar-refractivity contribution is 6.03. The van der Waals surface area contributed by atoms with Crippen LogP contribution in [0.5, 0.6) is 0 Å². The zero-order chi connectivity index (χ0) is 25.2. The Labute approximate surface area is 197 Å². The second-order valence-electron chi connectivity index (χ2n) is 8.24. The minimum absolute atomic E-state index is 0.0343. The van der Waals surface area contributed by atoms with E-state index in [1.54, 1.807) is 13.8 Å². The van der Waals surface area contributed by atoms with Crippen molar-refractivity contribution >= 4 is 29.0 Å². The highest BCUT2D eigenvalue weighted by Gasteiger charge is 2.44. The molecule has 1 aliphatic carbocycles. The fraction of sp³-hybridized carbons (Fsp3) is 0.360. The number of fused-ring (bicyclic) bond motifs is 3. The molecule has 0 aliphatic heterocycles. The van der Waals surface area contributed by atoms with E-state index in [2.05, 4.69) is 10.3 Å². The molecule has 2 aromatic carbocycles. The van der Waals surface area contributed by atoms with Crippen LogP contribution in [0.3, 0.4) is 0 Å². The number of rotatable bonds is 7. The predicted octanol–water partition coefficient (Wildman–Crippen LogP) is 5.26. The standard InChI is InChI=1S/C25H27N3O6/c1-7-25(8-2)21-11-18(14(3)26-33-16(5)29)9-10-20(21)24-22(25)12-19(13-23(24)28(31)32)15(4)27-34-17(6)30/h9-13H,7-8H2,1-6H3/b26-14+,27-15+. The summed E-state index contributed by atoms with van der Waals surface area (Å²) in [5.74, 6) is -1.09. The Balaban J connectivity index is 2.28. The monoisotopic (exact) mass is 465 g/mol. The first-order valence-corrected chi connectivity index (χ1v) is 11.0. The van der Waals surface area contributed by atoms with E-state index in [9.17, 15) is 19.7 Å². The summed E-state index contributed by atoms with van der Waals surface area (Å²) in [5.41, 5.74) is 4.80. The molecule has 0 N–H and O–H groups in total. The smallest absolute Gasteiger partial charge is 0.318 e. The normalized spacial score (nSPS) is 14.3. The minimum Gasteiger partial charge on any atom is -0.318 e. The molecule has 3 rings (SSSR count). The summed E-state index contributed by atoms with van der Waals surface area (Å²) in [5, 5.41) is 19.9. The molecule has 0 saturated carbocycles. The third-order valence-corrected chi connectivity index (χ3v) is 6.30. The van der Waals surface area contributed by atoms with Gasteiger partial charge in [-0.25, -0.2) is 9.59 Å². The number of benzene rings is 2. The number of nitrogens with zero attached hydrogens (tertiary/aromatic N) is 3. The number of nitro benzene ring substituents is 1. The molecule has 0 atom stereocenters. The van der Waals surface area contributed by atoms with Gasteiger partial charge in [-0.3, -0.25) is 10.1 Å². The largest absolute Gasteiger partial charge is 0.331 e. The first kappa shape index (κ1) is 24.8. The van der Waals surface area contributed by atoms with Crippen LogP contribution in [0.4, 0.5) is 5.69 Å². The van der Waals surface area contributed by atoms with E-state index in [-0.39, 0.29) is 5.69 Å². The summed E-state index contributed by atoms with van der Waals surface area (Å²) >= 11 is 0. The number of oxime groups is 2. The van der Waals surface area contributed by atoms with Gasteiger partial charge in [0.25, 0.3) is 5.69 Å². The molecule has 178 valence electrons. The van der Waals surface area contributed by atoms with Gasteiger partial charge >= 0.3 is 11.9 Å². The average molecular weight is 466 g/mol. The molecule has 1 aliphatic rings. The second-order valence-corrected chi connectivity index (χ2v) is 8.24. The van der Waals surface area contributed by atoms with E-state index in [1.807, 2.05) is 38.1 Å². The van der Waals surface area contributed by atoms with Crippen LogP contribution < -0.4 is 0 Å². The number of hydrogen-bond donors (Lipinski definition) is 0. The summed E-state index contributed by atoms with van der Waals surface area (Å²) < 4.78 is 0. The molecule has 0 amide bonds. The lowest BCUT2D eigenvalue weighted by atomic mass is 9.73. The lowest BCUT2D eigenvalue weighted by molar-refractivity contribution is -0.384. The van der Waals surface area contributed by atoms with Crippen LogP contribution >= 0.6 is 0 Å². The fourth-order valence-electron chi connectivity index (χ4n) is 4.55. The van der Waals surface area contributed by atoms with Crippen LogP contribution in [0.15, 0.2) is 40.6 Å². The molecule has 0 bridgehead atoms. The highest BCUT2D eigenvalue weighted by Crippen LogP contribution is 2.56. The molecule has 0 heterocycles. The van der Waals surface area contributed by atoms with Gasteiger partial charge in [0.05, 0.1) is 21.9 Å². The molecule has 0 spiro atoms. The number of hydrogen-bond acceptors (Lipinski definition) is 8. The summed E-state index contributed by atoms with van der Waals surface area (Å²) in [6.45, 7) is 9.99. The van der Waals surface area contributed by atoms with Gasteiger partial charge in [-0.1, -0.05) is 36.3 Å². The number of carbonyl (C=O) groups is 2. The fourth-order valence-corrected chi connectivity index (χ4v) is 4.55. The van der Waals surface area contributed by atoms with Crippen LogP contribution in [0.2, 0.25) is 0 Å². The van der Waals surface area contributed by atoms with Crippen molar-refractivity contribution in [3.63, 3.8) is 0 Å². The molecule has 34 heavy (non-hydrogen) atoms. The van der Waals surface area contributed by atoms with Gasteiger partial charge in [0.15, 0.2) is 0 Å². The van der Waals surface area contributed by atoms with Crippen LogP contribution in [0.1, 0.15) is 76.6 Å². The second kappa shape index (κ2) is 9.54. The Kier molecular flexibility index (Phi) is 6.95. The van der Waals surface area contributed by atoms with Gasteiger partial charge in [-0.2, -0.15) is 0 Å². The minimum atomic E-state index is -0.572. The SMILES string of the molecule is CCC1(CC)c2cc(/C(C)=N/OC(C)=O)ccc2-c2c([N+](=O)[O-])cc(/C(C)=N/OC(C)=O)cc21. The van der Waals surface area contributed by atoms with Crippen molar-refractivity contribution < 1.29 is 24.2 Å². The molecule has 0 radical (unpaired) electrons. The van der Waals surface area contributed by atoms with Gasteiger partial charge in [0.1, 0.15) is 0 Å². The summed E-state index contributed by atoms with van der Waals surface area (Å²) in [7, 11) is 0. The molecule has 0 saturated heterocycles. The summed E-state index contributed by atoms with van der Waals surface area (Å²) in [4.78, 5) is 43.6. The maximum Gasteiger partial charge on any atom is 0.331 e. The maximum atomic E-state index is 12.1. The van der Waals surface area contributed by atoms with E-state index in [0.717, 1.165) is 22.3 Å². The van der Waals surface area contributed by atoms with Gasteiger partial charge in [0, 0.05) is 30.9 Å². The van der Waals surface area contributed by atoms with Crippen molar-refractivity contribution in [3.05, 3.63) is 62.7 Å². The van der Waals surface area contributed by atoms with Crippen molar-refractivity contribution in [1.82, 2.24) is 0 Å². The first-order valence-electron chi connectivity index (χ1n) is 11.0. The summed E-state index contributed by atoms with van der Waals surface area (Å²) in [6, 6.07) is 9.01. The van der Waals surface area contributed by atoms with E-state index in [0.29, 0.717) is 35.4 Å². The van der Waals surface area contributed by atoms with E-state index in [1.165, 1.54) is 19.9 Å². The lowest BCUT2D eigenvalue weighted by Gasteiger charge is -2.30. The lowest BCUT2D eigenvalue weighted by Crippen LogP contribution is -2.24. The Morgan fingerprint density at radius 3 is 1.91 bits per heavy atom. The third kappa shape index (κ3) is 4.33. The van der Waals surface area contributed by atoms with Crippen molar-refractivity contribution in [1.29, 1.82) is 0 Å². The highest BCUT2D eigenvalue weighted by atomic mass is 16.7. The van der Waals surface area contributed by atoms with Crippen LogP contribution in [-0.2, 0) is 24.7 Å². The van der Waals surface area contributed by atoms with Crippen LogP contribution in [-0.4, -0.2) is 28.3 Å². The first-order chi connectivity index (χ1) is 16.0. The van der Waals surface area contributed by atoms with E-state index >= 15 is 0 Å². The molecule has 2 aromatic rings. The van der Waals surface area contributed by atoms with Gasteiger partial charge in [-0.15, -0.1) is 0 Å². The van der Waals surface area contributed by atoms with Crippen molar-refractivity contribution in [3.8, 4) is 11.1 Å². The molecular weight excluding hydrogens is 438 g/mol.